The van der Waals surface area contributed by atoms with Crippen molar-refractivity contribution in [2.45, 2.75) is 13.3 Å². The molecule has 2 aromatic carbocycles. The summed E-state index contributed by atoms with van der Waals surface area (Å²) >= 11 is 0. The molecule has 0 aromatic heterocycles. The van der Waals surface area contributed by atoms with Crippen LogP contribution in [0.4, 0.5) is 5.69 Å². The number of anilines is 1. The molecule has 0 aliphatic heterocycles. The first-order valence-corrected chi connectivity index (χ1v) is 5.39. The van der Waals surface area contributed by atoms with Crippen molar-refractivity contribution in [1.82, 2.24) is 0 Å². The third-order valence-corrected chi connectivity index (χ3v) is 2.65. The zero-order valence-corrected chi connectivity index (χ0v) is 9.57. The van der Waals surface area contributed by atoms with Crippen molar-refractivity contribution in [3.05, 3.63) is 42.0 Å². The van der Waals surface area contributed by atoms with Gasteiger partial charge in [0.1, 0.15) is 5.78 Å². The SMILES string of the molecule is CC(=O)CC(=O)c1c(N)ccc2ccccc12. The van der Waals surface area contributed by atoms with E-state index in [4.69, 9.17) is 5.73 Å². The number of hydrogen-bond acceptors (Lipinski definition) is 3. The van der Waals surface area contributed by atoms with E-state index in [2.05, 4.69) is 0 Å². The van der Waals surface area contributed by atoms with Gasteiger partial charge in [-0.25, -0.2) is 0 Å². The lowest BCUT2D eigenvalue weighted by atomic mass is 9.97. The highest BCUT2D eigenvalue weighted by molar-refractivity contribution is 6.17. The molecular formula is C14H13NO2. The highest BCUT2D eigenvalue weighted by atomic mass is 16.1. The van der Waals surface area contributed by atoms with Crippen LogP contribution in [0.15, 0.2) is 36.4 Å². The molecule has 0 saturated heterocycles. The second kappa shape index (κ2) is 4.37. The van der Waals surface area contributed by atoms with Crippen LogP contribution >= 0.6 is 0 Å². The molecule has 0 atom stereocenters. The Hall–Kier alpha value is -2.16. The minimum atomic E-state index is -0.216. The van der Waals surface area contributed by atoms with Gasteiger partial charge in [0, 0.05) is 11.3 Å². The Balaban J connectivity index is 2.62. The largest absolute Gasteiger partial charge is 0.398 e. The number of nitrogen functional groups attached to an aromatic ring is 1. The van der Waals surface area contributed by atoms with Crippen LogP contribution in [0.5, 0.6) is 0 Å². The Morgan fingerprint density at radius 1 is 1.12 bits per heavy atom. The first-order chi connectivity index (χ1) is 8.09. The van der Waals surface area contributed by atoms with Crippen molar-refractivity contribution >= 4 is 28.0 Å². The number of carbonyl (C=O) groups is 2. The van der Waals surface area contributed by atoms with Crippen LogP contribution in [0.2, 0.25) is 0 Å². The molecule has 0 spiro atoms. The molecule has 0 radical (unpaired) electrons. The molecule has 2 rings (SSSR count). The summed E-state index contributed by atoms with van der Waals surface area (Å²) in [4.78, 5) is 23.0. The number of rotatable bonds is 3. The van der Waals surface area contributed by atoms with E-state index in [1.807, 2.05) is 30.3 Å². The van der Waals surface area contributed by atoms with Crippen molar-refractivity contribution in [3.8, 4) is 0 Å². The summed E-state index contributed by atoms with van der Waals surface area (Å²) in [7, 11) is 0. The lowest BCUT2D eigenvalue weighted by Crippen LogP contribution is -2.08. The Morgan fingerprint density at radius 2 is 1.82 bits per heavy atom. The molecule has 17 heavy (non-hydrogen) atoms. The number of benzene rings is 2. The lowest BCUT2D eigenvalue weighted by molar-refractivity contribution is -0.116. The summed E-state index contributed by atoms with van der Waals surface area (Å²) in [5.74, 6) is -0.367. The third-order valence-electron chi connectivity index (χ3n) is 2.65. The van der Waals surface area contributed by atoms with Gasteiger partial charge in [0.15, 0.2) is 5.78 Å². The fraction of sp³-hybridized carbons (Fsp3) is 0.143. The molecule has 0 aliphatic rings. The monoisotopic (exact) mass is 227 g/mol. The van der Waals surface area contributed by atoms with Gasteiger partial charge in [-0.1, -0.05) is 30.3 Å². The average Bonchev–Trinajstić information content (AvgIpc) is 2.27. The molecule has 0 unspecified atom stereocenters. The number of hydrogen-bond donors (Lipinski definition) is 1. The Labute approximate surface area is 99.2 Å². The van der Waals surface area contributed by atoms with Gasteiger partial charge in [0.05, 0.1) is 6.42 Å². The second-order valence-corrected chi connectivity index (χ2v) is 4.05. The molecule has 86 valence electrons. The summed E-state index contributed by atoms with van der Waals surface area (Å²) in [6, 6.07) is 11.1. The van der Waals surface area contributed by atoms with Crippen molar-refractivity contribution in [3.63, 3.8) is 0 Å². The van der Waals surface area contributed by atoms with E-state index in [1.165, 1.54) is 6.92 Å². The van der Waals surface area contributed by atoms with E-state index >= 15 is 0 Å². The van der Waals surface area contributed by atoms with E-state index < -0.39 is 0 Å². The second-order valence-electron chi connectivity index (χ2n) is 4.05. The van der Waals surface area contributed by atoms with Crippen LogP contribution in [0.25, 0.3) is 10.8 Å². The molecule has 0 bridgehead atoms. The number of nitrogens with two attached hydrogens (primary N) is 1. The topological polar surface area (TPSA) is 60.2 Å². The number of carbonyl (C=O) groups excluding carboxylic acids is 2. The highest BCUT2D eigenvalue weighted by Gasteiger charge is 2.15. The minimum Gasteiger partial charge on any atom is -0.398 e. The van der Waals surface area contributed by atoms with Crippen molar-refractivity contribution in [1.29, 1.82) is 0 Å². The number of Topliss-reactive ketones (excluding diaryl/α,β-unsaturated/α-hetero) is 2. The zero-order chi connectivity index (χ0) is 12.4. The maximum Gasteiger partial charge on any atom is 0.172 e. The normalized spacial score (nSPS) is 10.4. The molecule has 0 heterocycles. The summed E-state index contributed by atoms with van der Waals surface area (Å²) < 4.78 is 0. The highest BCUT2D eigenvalue weighted by Crippen LogP contribution is 2.25. The van der Waals surface area contributed by atoms with E-state index in [9.17, 15) is 9.59 Å². The Kier molecular flexibility index (Phi) is 2.91. The first kappa shape index (κ1) is 11.3. The standard InChI is InChI=1S/C14H13NO2/c1-9(16)8-13(17)14-11-5-3-2-4-10(11)6-7-12(14)15/h2-7H,8,15H2,1H3. The summed E-state index contributed by atoms with van der Waals surface area (Å²) in [6.07, 6.45) is -0.0990. The molecule has 0 saturated carbocycles. The average molecular weight is 227 g/mol. The van der Waals surface area contributed by atoms with Crippen LogP contribution in [0, 0.1) is 0 Å². The van der Waals surface area contributed by atoms with Gasteiger partial charge in [-0.15, -0.1) is 0 Å². The van der Waals surface area contributed by atoms with Crippen molar-refractivity contribution in [2.75, 3.05) is 5.73 Å². The molecule has 2 N–H and O–H groups in total. The van der Waals surface area contributed by atoms with E-state index in [0.29, 0.717) is 11.3 Å². The molecule has 0 fully saturated rings. The van der Waals surface area contributed by atoms with Gasteiger partial charge in [0.25, 0.3) is 0 Å². The molecule has 0 aliphatic carbocycles. The molecule has 2 aromatic rings. The van der Waals surface area contributed by atoms with E-state index in [0.717, 1.165) is 10.8 Å². The summed E-state index contributed by atoms with van der Waals surface area (Å²) in [6.45, 7) is 1.40. The van der Waals surface area contributed by atoms with Crippen LogP contribution in [0.3, 0.4) is 0 Å². The van der Waals surface area contributed by atoms with Crippen LogP contribution in [0.1, 0.15) is 23.7 Å². The van der Waals surface area contributed by atoms with Crippen LogP contribution in [-0.2, 0) is 4.79 Å². The number of fused-ring (bicyclic) bond motifs is 1. The molecule has 0 amide bonds. The van der Waals surface area contributed by atoms with Crippen molar-refractivity contribution < 1.29 is 9.59 Å². The maximum absolute atomic E-state index is 12.0. The fourth-order valence-electron chi connectivity index (χ4n) is 1.91. The third kappa shape index (κ3) is 2.18. The van der Waals surface area contributed by atoms with E-state index in [1.54, 1.807) is 6.07 Å². The minimum absolute atomic E-state index is 0.0990. The quantitative estimate of drug-likeness (QED) is 0.498. The van der Waals surface area contributed by atoms with Gasteiger partial charge < -0.3 is 5.73 Å². The molecular weight excluding hydrogens is 214 g/mol. The first-order valence-electron chi connectivity index (χ1n) is 5.39. The Bertz CT molecular complexity index is 602. The van der Waals surface area contributed by atoms with Gasteiger partial charge in [-0.3, -0.25) is 9.59 Å². The fourth-order valence-corrected chi connectivity index (χ4v) is 1.91. The van der Waals surface area contributed by atoms with E-state index in [-0.39, 0.29) is 18.0 Å². The van der Waals surface area contributed by atoms with Crippen molar-refractivity contribution in [2.24, 2.45) is 0 Å². The predicted molar refractivity (Wildman–Crippen MR) is 68.0 cm³/mol. The Morgan fingerprint density at radius 3 is 2.53 bits per heavy atom. The van der Waals surface area contributed by atoms with Gasteiger partial charge in [-0.05, 0) is 23.8 Å². The van der Waals surface area contributed by atoms with Gasteiger partial charge in [0.2, 0.25) is 0 Å². The molecule has 3 nitrogen and oxygen atoms in total. The summed E-state index contributed by atoms with van der Waals surface area (Å²) in [5, 5.41) is 1.76. The van der Waals surface area contributed by atoms with Gasteiger partial charge in [-0.2, -0.15) is 0 Å². The zero-order valence-electron chi connectivity index (χ0n) is 9.57. The molecule has 3 heteroatoms. The number of ketones is 2. The summed E-state index contributed by atoms with van der Waals surface area (Å²) in [5.41, 5.74) is 6.71. The maximum atomic E-state index is 12.0. The van der Waals surface area contributed by atoms with Crippen LogP contribution in [-0.4, -0.2) is 11.6 Å². The van der Waals surface area contributed by atoms with Crippen LogP contribution < -0.4 is 5.73 Å². The smallest absolute Gasteiger partial charge is 0.172 e. The lowest BCUT2D eigenvalue weighted by Gasteiger charge is -2.08. The predicted octanol–water partition coefficient (Wildman–Crippen LogP) is 2.58. The van der Waals surface area contributed by atoms with Gasteiger partial charge >= 0.3 is 0 Å².